The molecule has 196 valence electrons. The van der Waals surface area contributed by atoms with Crippen molar-refractivity contribution in [2.45, 2.75) is 64.4 Å². The second kappa shape index (κ2) is 11.0. The molecule has 1 saturated heterocycles. The average Bonchev–Trinajstić information content (AvgIpc) is 3.21. The van der Waals surface area contributed by atoms with E-state index in [0.717, 1.165) is 42.8 Å². The van der Waals surface area contributed by atoms with Crippen LogP contribution in [0.5, 0.6) is 0 Å². The van der Waals surface area contributed by atoms with Crippen LogP contribution in [0, 0.1) is 5.92 Å². The van der Waals surface area contributed by atoms with E-state index >= 15 is 0 Å². The van der Waals surface area contributed by atoms with Crippen LogP contribution in [-0.2, 0) is 27.7 Å². The molecule has 2 aliphatic heterocycles. The monoisotopic (exact) mass is 533 g/mol. The highest BCUT2D eigenvalue weighted by Crippen LogP contribution is 2.38. The Morgan fingerprint density at radius 2 is 1.92 bits per heavy atom. The van der Waals surface area contributed by atoms with E-state index in [9.17, 15) is 18.0 Å². The quantitative estimate of drug-likeness (QED) is 0.531. The predicted molar refractivity (Wildman–Crippen MR) is 141 cm³/mol. The van der Waals surface area contributed by atoms with Gasteiger partial charge >= 0.3 is 5.97 Å². The van der Waals surface area contributed by atoms with Gasteiger partial charge in [0.2, 0.25) is 10.0 Å². The van der Waals surface area contributed by atoms with E-state index in [1.807, 2.05) is 0 Å². The van der Waals surface area contributed by atoms with Crippen molar-refractivity contribution in [3.8, 4) is 0 Å². The van der Waals surface area contributed by atoms with Gasteiger partial charge in [0.1, 0.15) is 5.00 Å². The van der Waals surface area contributed by atoms with Gasteiger partial charge in [-0.1, -0.05) is 6.92 Å². The molecular weight excluding hydrogens is 498 g/mol. The zero-order valence-electron chi connectivity index (χ0n) is 21.4. The number of hydrogen-bond acceptors (Lipinski definition) is 7. The highest BCUT2D eigenvalue weighted by Gasteiger charge is 2.31. The molecule has 1 fully saturated rings. The first-order valence-electron chi connectivity index (χ1n) is 12.6. The molecule has 4 rings (SSSR count). The summed E-state index contributed by atoms with van der Waals surface area (Å²) < 4.78 is 32.9. The lowest BCUT2D eigenvalue weighted by molar-refractivity contribution is 0.0526. The summed E-state index contributed by atoms with van der Waals surface area (Å²) >= 11 is 1.41. The van der Waals surface area contributed by atoms with Crippen molar-refractivity contribution >= 4 is 38.2 Å². The molecule has 0 saturated carbocycles. The second-order valence-corrected chi connectivity index (χ2v) is 12.9. The first-order valence-corrected chi connectivity index (χ1v) is 14.8. The van der Waals surface area contributed by atoms with Crippen molar-refractivity contribution in [2.75, 3.05) is 31.6 Å². The zero-order chi connectivity index (χ0) is 26.0. The zero-order valence-corrected chi connectivity index (χ0v) is 23.0. The summed E-state index contributed by atoms with van der Waals surface area (Å²) in [6.45, 7) is 10.9. The van der Waals surface area contributed by atoms with E-state index in [4.69, 9.17) is 4.74 Å². The Morgan fingerprint density at radius 1 is 1.19 bits per heavy atom. The number of esters is 1. The SMILES string of the molecule is CCOC(=O)c1c(NC(=O)c2ccc(S(=O)(=O)N3CCCC(C)C3)cc2)sc2c1CCN(C(C)C)C2. The normalized spacial score (nSPS) is 19.2. The number of fused-ring (bicyclic) bond motifs is 1. The molecule has 1 atom stereocenters. The third-order valence-corrected chi connectivity index (χ3v) is 9.91. The molecule has 2 aliphatic rings. The van der Waals surface area contributed by atoms with E-state index in [-0.39, 0.29) is 11.5 Å². The van der Waals surface area contributed by atoms with Crippen LogP contribution in [0.4, 0.5) is 5.00 Å². The van der Waals surface area contributed by atoms with E-state index in [2.05, 4.69) is 31.0 Å². The summed E-state index contributed by atoms with van der Waals surface area (Å²) in [4.78, 5) is 29.5. The molecule has 3 heterocycles. The molecule has 0 spiro atoms. The number of sulfonamides is 1. The van der Waals surface area contributed by atoms with Crippen molar-refractivity contribution in [3.63, 3.8) is 0 Å². The van der Waals surface area contributed by atoms with Crippen LogP contribution in [0.25, 0.3) is 0 Å². The summed E-state index contributed by atoms with van der Waals surface area (Å²) in [5.74, 6) is -0.493. The Morgan fingerprint density at radius 3 is 2.56 bits per heavy atom. The number of nitrogens with zero attached hydrogens (tertiary/aromatic N) is 2. The standard InChI is InChI=1S/C26H35N3O5S2/c1-5-34-26(31)23-21-12-14-28(17(2)3)16-22(21)35-25(23)27-24(30)19-8-10-20(11-9-19)36(32,33)29-13-6-7-18(4)15-29/h8-11,17-18H,5-7,12-16H2,1-4H3,(H,27,30). The van der Waals surface area contributed by atoms with E-state index < -0.39 is 21.9 Å². The van der Waals surface area contributed by atoms with Crippen LogP contribution >= 0.6 is 11.3 Å². The van der Waals surface area contributed by atoms with Gasteiger partial charge in [0.25, 0.3) is 5.91 Å². The number of amides is 1. The lowest BCUT2D eigenvalue weighted by Crippen LogP contribution is -2.39. The summed E-state index contributed by atoms with van der Waals surface area (Å²) in [6, 6.07) is 6.39. The number of benzene rings is 1. The molecule has 0 radical (unpaired) electrons. The lowest BCUT2D eigenvalue weighted by Gasteiger charge is -2.30. The molecule has 2 aromatic rings. The fraction of sp³-hybridized carbons (Fsp3) is 0.538. The maximum Gasteiger partial charge on any atom is 0.341 e. The Bertz CT molecular complexity index is 1220. The number of piperidine rings is 1. The fourth-order valence-electron chi connectivity index (χ4n) is 4.84. The van der Waals surface area contributed by atoms with Crippen molar-refractivity contribution in [1.29, 1.82) is 0 Å². The summed E-state index contributed by atoms with van der Waals surface area (Å²) in [5.41, 5.74) is 1.71. The Balaban J connectivity index is 1.55. The van der Waals surface area contributed by atoms with Gasteiger partial charge in [0.05, 0.1) is 17.1 Å². The van der Waals surface area contributed by atoms with Gasteiger partial charge in [-0.2, -0.15) is 4.31 Å². The molecule has 1 unspecified atom stereocenters. The molecule has 0 aliphatic carbocycles. The van der Waals surface area contributed by atoms with Gasteiger partial charge in [0, 0.05) is 42.7 Å². The fourth-order valence-corrected chi connectivity index (χ4v) is 7.69. The van der Waals surface area contributed by atoms with Crippen LogP contribution in [0.1, 0.15) is 71.7 Å². The van der Waals surface area contributed by atoms with Crippen LogP contribution in [-0.4, -0.2) is 61.8 Å². The van der Waals surface area contributed by atoms with Crippen LogP contribution in [0.2, 0.25) is 0 Å². The molecule has 0 bridgehead atoms. The van der Waals surface area contributed by atoms with E-state index in [0.29, 0.717) is 41.2 Å². The first-order chi connectivity index (χ1) is 17.1. The van der Waals surface area contributed by atoms with Crippen LogP contribution in [0.15, 0.2) is 29.2 Å². The first kappa shape index (κ1) is 26.8. The largest absolute Gasteiger partial charge is 0.462 e. The van der Waals surface area contributed by atoms with Gasteiger partial charge in [-0.25, -0.2) is 13.2 Å². The van der Waals surface area contributed by atoms with Gasteiger partial charge < -0.3 is 10.1 Å². The smallest absolute Gasteiger partial charge is 0.341 e. The third-order valence-electron chi connectivity index (χ3n) is 6.90. The van der Waals surface area contributed by atoms with Crippen LogP contribution < -0.4 is 5.32 Å². The Hall–Kier alpha value is -2.27. The molecule has 1 amide bonds. The summed E-state index contributed by atoms with van der Waals surface area (Å²) in [5, 5.41) is 3.37. The minimum absolute atomic E-state index is 0.181. The predicted octanol–water partition coefficient (Wildman–Crippen LogP) is 4.36. The molecule has 1 N–H and O–H groups in total. The summed E-state index contributed by atoms with van der Waals surface area (Å²) in [7, 11) is -3.60. The van der Waals surface area contributed by atoms with Crippen molar-refractivity contribution in [1.82, 2.24) is 9.21 Å². The van der Waals surface area contributed by atoms with Gasteiger partial charge in [-0.05, 0) is 75.8 Å². The number of anilines is 1. The average molecular weight is 534 g/mol. The number of carbonyl (C=O) groups excluding carboxylic acids is 2. The highest BCUT2D eigenvalue weighted by molar-refractivity contribution is 7.89. The number of hydrogen-bond donors (Lipinski definition) is 1. The minimum atomic E-state index is -3.60. The molecular formula is C26H35N3O5S2. The van der Waals surface area contributed by atoms with Crippen molar-refractivity contribution < 1.29 is 22.7 Å². The molecule has 1 aromatic heterocycles. The lowest BCUT2D eigenvalue weighted by atomic mass is 10.0. The van der Waals surface area contributed by atoms with Crippen molar-refractivity contribution in [3.05, 3.63) is 45.8 Å². The highest BCUT2D eigenvalue weighted by atomic mass is 32.2. The molecule has 1 aromatic carbocycles. The number of rotatable bonds is 7. The number of ether oxygens (including phenoxy) is 1. The minimum Gasteiger partial charge on any atom is -0.462 e. The van der Waals surface area contributed by atoms with Gasteiger partial charge in [0.15, 0.2) is 0 Å². The summed E-state index contributed by atoms with van der Waals surface area (Å²) in [6.07, 6.45) is 2.60. The van der Waals surface area contributed by atoms with Crippen molar-refractivity contribution in [2.24, 2.45) is 5.92 Å². The van der Waals surface area contributed by atoms with Gasteiger partial charge in [-0.15, -0.1) is 11.3 Å². The maximum absolute atomic E-state index is 13.1. The Kier molecular flexibility index (Phi) is 8.18. The topological polar surface area (TPSA) is 96.0 Å². The maximum atomic E-state index is 13.1. The van der Waals surface area contributed by atoms with Crippen LogP contribution in [0.3, 0.4) is 0 Å². The van der Waals surface area contributed by atoms with E-state index in [1.54, 1.807) is 6.92 Å². The van der Waals surface area contributed by atoms with Gasteiger partial charge in [-0.3, -0.25) is 9.69 Å². The number of carbonyl (C=O) groups is 2. The second-order valence-electron chi connectivity index (χ2n) is 9.83. The number of nitrogens with one attached hydrogen (secondary N) is 1. The van der Waals surface area contributed by atoms with E-state index in [1.165, 1.54) is 39.9 Å². The Labute approximate surface area is 217 Å². The molecule has 10 heteroatoms. The third kappa shape index (κ3) is 5.51. The number of thiophene rings is 1. The molecule has 36 heavy (non-hydrogen) atoms. The molecule has 8 nitrogen and oxygen atoms in total.